The van der Waals surface area contributed by atoms with Crippen LogP contribution in [0, 0.1) is 12.3 Å². The van der Waals surface area contributed by atoms with Crippen LogP contribution >= 0.6 is 0 Å². The smallest absolute Gasteiger partial charge is 0.0763 e. The van der Waals surface area contributed by atoms with Crippen LogP contribution in [-0.2, 0) is 6.42 Å². The van der Waals surface area contributed by atoms with Crippen molar-refractivity contribution < 1.29 is 5.11 Å². The van der Waals surface area contributed by atoms with E-state index in [2.05, 4.69) is 18.1 Å². The number of benzene rings is 2. The van der Waals surface area contributed by atoms with E-state index in [0.29, 0.717) is 5.57 Å². The van der Waals surface area contributed by atoms with Crippen LogP contribution in [0.5, 0.6) is 0 Å². The van der Waals surface area contributed by atoms with Crippen LogP contribution in [0.3, 0.4) is 0 Å². The molecule has 0 aliphatic carbocycles. The minimum absolute atomic E-state index is 0.104. The third-order valence-corrected chi connectivity index (χ3v) is 3.04. The molecule has 0 aliphatic heterocycles. The first-order valence-corrected chi connectivity index (χ1v) is 6.24. The van der Waals surface area contributed by atoms with Gasteiger partial charge in [0.25, 0.3) is 0 Å². The standard InChI is InChI=1S/C18H16O/c1-2-16(14-19)18(17-11-7-4-8-12-17)13-15-9-5-3-6-10-15/h1,3-12,19H,13-14H2. The summed E-state index contributed by atoms with van der Waals surface area (Å²) in [6, 6.07) is 20.1. The van der Waals surface area contributed by atoms with Crippen LogP contribution in [0.4, 0.5) is 0 Å². The molecule has 2 aromatic carbocycles. The van der Waals surface area contributed by atoms with Gasteiger partial charge in [-0.15, -0.1) is 6.42 Å². The van der Waals surface area contributed by atoms with Gasteiger partial charge in [0.15, 0.2) is 0 Å². The lowest BCUT2D eigenvalue weighted by atomic mass is 9.94. The molecule has 1 nitrogen and oxygen atoms in total. The topological polar surface area (TPSA) is 20.2 Å². The zero-order valence-corrected chi connectivity index (χ0v) is 10.7. The monoisotopic (exact) mass is 248 g/mol. The molecule has 2 aromatic rings. The number of allylic oxidation sites excluding steroid dienone is 1. The minimum Gasteiger partial charge on any atom is -0.391 e. The van der Waals surface area contributed by atoms with Gasteiger partial charge < -0.3 is 5.11 Å². The summed E-state index contributed by atoms with van der Waals surface area (Å²) in [5.74, 6) is 2.60. The highest BCUT2D eigenvalue weighted by Crippen LogP contribution is 2.23. The van der Waals surface area contributed by atoms with Crippen LogP contribution in [0.1, 0.15) is 11.1 Å². The van der Waals surface area contributed by atoms with E-state index in [1.54, 1.807) is 0 Å². The number of hydrogen-bond donors (Lipinski definition) is 1. The lowest BCUT2D eigenvalue weighted by Crippen LogP contribution is -1.98. The minimum atomic E-state index is -0.104. The average Bonchev–Trinajstić information content (AvgIpc) is 2.49. The third-order valence-electron chi connectivity index (χ3n) is 3.04. The zero-order chi connectivity index (χ0) is 13.5. The molecule has 94 valence electrons. The molecule has 1 heteroatoms. The second-order valence-corrected chi connectivity index (χ2v) is 4.29. The number of aliphatic hydroxyl groups is 1. The van der Waals surface area contributed by atoms with Crippen LogP contribution in [0.15, 0.2) is 66.2 Å². The van der Waals surface area contributed by atoms with Crippen molar-refractivity contribution in [3.05, 3.63) is 77.4 Å². The average molecular weight is 248 g/mol. The highest BCUT2D eigenvalue weighted by atomic mass is 16.3. The van der Waals surface area contributed by atoms with Crippen molar-refractivity contribution >= 4 is 5.57 Å². The van der Waals surface area contributed by atoms with Gasteiger partial charge in [-0.05, 0) is 23.1 Å². The summed E-state index contributed by atoms with van der Waals surface area (Å²) in [6.45, 7) is -0.104. The second-order valence-electron chi connectivity index (χ2n) is 4.29. The van der Waals surface area contributed by atoms with Gasteiger partial charge in [0.05, 0.1) is 6.61 Å². The number of rotatable bonds is 4. The summed E-state index contributed by atoms with van der Waals surface area (Å²) in [4.78, 5) is 0. The van der Waals surface area contributed by atoms with E-state index in [1.165, 1.54) is 5.56 Å². The summed E-state index contributed by atoms with van der Waals surface area (Å²) >= 11 is 0. The number of terminal acetylenes is 1. The molecule has 19 heavy (non-hydrogen) atoms. The molecule has 0 saturated carbocycles. The number of aliphatic hydroxyl groups excluding tert-OH is 1. The van der Waals surface area contributed by atoms with E-state index in [9.17, 15) is 5.11 Å². The van der Waals surface area contributed by atoms with Crippen molar-refractivity contribution in [2.45, 2.75) is 6.42 Å². The van der Waals surface area contributed by atoms with Gasteiger partial charge in [-0.25, -0.2) is 0 Å². The lowest BCUT2D eigenvalue weighted by Gasteiger charge is -2.11. The Morgan fingerprint density at radius 1 is 0.947 bits per heavy atom. The Bertz CT molecular complexity index is 589. The van der Waals surface area contributed by atoms with Gasteiger partial charge in [-0.3, -0.25) is 0 Å². The van der Waals surface area contributed by atoms with Crippen LogP contribution in [0.25, 0.3) is 5.57 Å². The Balaban J connectivity index is 2.43. The van der Waals surface area contributed by atoms with Gasteiger partial charge in [0.1, 0.15) is 0 Å². The van der Waals surface area contributed by atoms with Crippen LogP contribution < -0.4 is 0 Å². The molecular weight excluding hydrogens is 232 g/mol. The molecule has 0 amide bonds. The largest absolute Gasteiger partial charge is 0.391 e. The predicted octanol–water partition coefficient (Wildman–Crippen LogP) is 3.31. The molecule has 0 aromatic heterocycles. The lowest BCUT2D eigenvalue weighted by molar-refractivity contribution is 0.336. The first-order chi connectivity index (χ1) is 9.35. The van der Waals surface area contributed by atoms with E-state index in [-0.39, 0.29) is 6.61 Å². The maximum absolute atomic E-state index is 9.44. The Morgan fingerprint density at radius 2 is 1.53 bits per heavy atom. The van der Waals surface area contributed by atoms with Gasteiger partial charge >= 0.3 is 0 Å². The Hall–Kier alpha value is -2.30. The van der Waals surface area contributed by atoms with E-state index < -0.39 is 0 Å². The Kier molecular flexibility index (Phi) is 4.55. The fourth-order valence-electron chi connectivity index (χ4n) is 2.05. The normalized spacial score (nSPS) is 11.6. The maximum Gasteiger partial charge on any atom is 0.0763 e. The molecule has 0 heterocycles. The van der Waals surface area contributed by atoms with Crippen molar-refractivity contribution in [3.8, 4) is 12.3 Å². The molecule has 0 aliphatic rings. The van der Waals surface area contributed by atoms with E-state index in [0.717, 1.165) is 17.6 Å². The summed E-state index contributed by atoms with van der Waals surface area (Å²) in [7, 11) is 0. The fourth-order valence-corrected chi connectivity index (χ4v) is 2.05. The predicted molar refractivity (Wildman–Crippen MR) is 79.4 cm³/mol. The van der Waals surface area contributed by atoms with Gasteiger partial charge in [-0.2, -0.15) is 0 Å². The van der Waals surface area contributed by atoms with Gasteiger partial charge in [-0.1, -0.05) is 66.6 Å². The summed E-state index contributed by atoms with van der Waals surface area (Å²) in [5, 5.41) is 9.44. The molecule has 0 fully saturated rings. The molecule has 0 saturated heterocycles. The van der Waals surface area contributed by atoms with Crippen LogP contribution in [-0.4, -0.2) is 11.7 Å². The number of hydrogen-bond acceptors (Lipinski definition) is 1. The molecular formula is C18H16O. The third kappa shape index (κ3) is 3.34. The first-order valence-electron chi connectivity index (χ1n) is 6.24. The Morgan fingerprint density at radius 3 is 2.05 bits per heavy atom. The molecule has 2 rings (SSSR count). The highest BCUT2D eigenvalue weighted by Gasteiger charge is 2.08. The van der Waals surface area contributed by atoms with Crippen molar-refractivity contribution in [2.24, 2.45) is 0 Å². The molecule has 0 unspecified atom stereocenters. The highest BCUT2D eigenvalue weighted by molar-refractivity contribution is 5.74. The van der Waals surface area contributed by atoms with Gasteiger partial charge in [0, 0.05) is 5.57 Å². The van der Waals surface area contributed by atoms with Crippen LogP contribution in [0.2, 0.25) is 0 Å². The van der Waals surface area contributed by atoms with Crippen molar-refractivity contribution in [2.75, 3.05) is 6.61 Å². The molecule has 1 N–H and O–H groups in total. The zero-order valence-electron chi connectivity index (χ0n) is 10.7. The fraction of sp³-hybridized carbons (Fsp3) is 0.111. The van der Waals surface area contributed by atoms with Crippen molar-refractivity contribution in [3.63, 3.8) is 0 Å². The van der Waals surface area contributed by atoms with E-state index in [4.69, 9.17) is 6.42 Å². The van der Waals surface area contributed by atoms with Crippen molar-refractivity contribution in [1.82, 2.24) is 0 Å². The maximum atomic E-state index is 9.44. The quantitative estimate of drug-likeness (QED) is 0.823. The summed E-state index contributed by atoms with van der Waals surface area (Å²) in [5.41, 5.74) is 3.91. The molecule has 0 bridgehead atoms. The second kappa shape index (κ2) is 6.58. The summed E-state index contributed by atoms with van der Waals surface area (Å²) < 4.78 is 0. The summed E-state index contributed by atoms with van der Waals surface area (Å²) in [6.07, 6.45) is 6.23. The van der Waals surface area contributed by atoms with Crippen molar-refractivity contribution in [1.29, 1.82) is 0 Å². The molecule has 0 spiro atoms. The Labute approximate surface area is 114 Å². The SMILES string of the molecule is C#CC(CO)=C(Cc1ccccc1)c1ccccc1. The molecule has 0 atom stereocenters. The van der Waals surface area contributed by atoms with E-state index >= 15 is 0 Å². The van der Waals surface area contributed by atoms with E-state index in [1.807, 2.05) is 48.5 Å². The first kappa shape index (κ1) is 13.1. The molecule has 0 radical (unpaired) electrons. The van der Waals surface area contributed by atoms with Gasteiger partial charge in [0.2, 0.25) is 0 Å².